The standard InChI is InChI=1S/C12H17N3O3S/c1-18-9-5-7-19-11(9)12(16)15(8-2-3-8)6-4-10(13)14-17/h5,7-8,17H,2-4,6H2,1H3,(H2,13,14). The molecule has 19 heavy (non-hydrogen) atoms. The first-order chi connectivity index (χ1) is 9.17. The van der Waals surface area contributed by atoms with Gasteiger partial charge >= 0.3 is 0 Å². The largest absolute Gasteiger partial charge is 0.495 e. The Kier molecular flexibility index (Phi) is 4.26. The molecule has 104 valence electrons. The van der Waals surface area contributed by atoms with Crippen molar-refractivity contribution in [2.24, 2.45) is 10.9 Å². The summed E-state index contributed by atoms with van der Waals surface area (Å²) in [5.74, 6) is 0.695. The number of hydrogen-bond donors (Lipinski definition) is 2. The third-order valence-electron chi connectivity index (χ3n) is 3.03. The number of carbonyl (C=O) groups excluding carboxylic acids is 1. The Bertz CT molecular complexity index is 482. The van der Waals surface area contributed by atoms with E-state index >= 15 is 0 Å². The van der Waals surface area contributed by atoms with Crippen LogP contribution in [0.15, 0.2) is 16.6 Å². The van der Waals surface area contributed by atoms with Gasteiger partial charge in [0.2, 0.25) is 0 Å². The summed E-state index contributed by atoms with van der Waals surface area (Å²) in [5.41, 5.74) is 5.46. The minimum Gasteiger partial charge on any atom is -0.495 e. The average Bonchev–Trinajstić information content (AvgIpc) is 3.14. The Balaban J connectivity index is 2.08. The minimum absolute atomic E-state index is 0.0416. The molecule has 0 spiro atoms. The van der Waals surface area contributed by atoms with Gasteiger partial charge in [-0.05, 0) is 24.3 Å². The molecule has 3 N–H and O–H groups in total. The van der Waals surface area contributed by atoms with Crippen LogP contribution in [0.25, 0.3) is 0 Å². The predicted octanol–water partition coefficient (Wildman–Crippen LogP) is 1.50. The first-order valence-electron chi connectivity index (χ1n) is 6.06. The number of ether oxygens (including phenoxy) is 1. The maximum atomic E-state index is 12.5. The molecule has 0 aromatic carbocycles. The lowest BCUT2D eigenvalue weighted by Gasteiger charge is -2.21. The number of carbonyl (C=O) groups is 1. The van der Waals surface area contributed by atoms with E-state index in [1.807, 2.05) is 5.38 Å². The highest BCUT2D eigenvalue weighted by molar-refractivity contribution is 7.12. The van der Waals surface area contributed by atoms with Crippen LogP contribution in [0.5, 0.6) is 5.75 Å². The van der Waals surface area contributed by atoms with Crippen LogP contribution in [0.3, 0.4) is 0 Å². The molecule has 1 aliphatic rings. The first-order valence-corrected chi connectivity index (χ1v) is 6.94. The molecule has 1 heterocycles. The van der Waals surface area contributed by atoms with Crippen LogP contribution >= 0.6 is 11.3 Å². The molecule has 1 amide bonds. The van der Waals surface area contributed by atoms with Crippen molar-refractivity contribution >= 4 is 23.1 Å². The van der Waals surface area contributed by atoms with Crippen LogP contribution in [-0.2, 0) is 0 Å². The van der Waals surface area contributed by atoms with Gasteiger partial charge in [0, 0.05) is 19.0 Å². The van der Waals surface area contributed by atoms with Gasteiger partial charge in [-0.1, -0.05) is 5.16 Å². The molecule has 1 aromatic rings. The van der Waals surface area contributed by atoms with E-state index < -0.39 is 0 Å². The summed E-state index contributed by atoms with van der Waals surface area (Å²) in [5, 5.41) is 13.3. The SMILES string of the molecule is COc1ccsc1C(=O)N(CC/C(N)=N/O)C1CC1. The Morgan fingerprint density at radius 2 is 2.42 bits per heavy atom. The zero-order valence-electron chi connectivity index (χ0n) is 10.7. The zero-order chi connectivity index (χ0) is 13.8. The van der Waals surface area contributed by atoms with Crippen LogP contribution in [0, 0.1) is 0 Å². The zero-order valence-corrected chi connectivity index (χ0v) is 11.5. The number of thiophene rings is 1. The Hall–Kier alpha value is -1.76. The summed E-state index contributed by atoms with van der Waals surface area (Å²) in [6.07, 6.45) is 2.39. The van der Waals surface area contributed by atoms with Crippen molar-refractivity contribution in [2.45, 2.75) is 25.3 Å². The minimum atomic E-state index is -0.0416. The number of oxime groups is 1. The van der Waals surface area contributed by atoms with E-state index in [1.54, 1.807) is 18.1 Å². The van der Waals surface area contributed by atoms with E-state index in [0.717, 1.165) is 12.8 Å². The van der Waals surface area contributed by atoms with Crippen LogP contribution in [0.1, 0.15) is 28.9 Å². The third-order valence-corrected chi connectivity index (χ3v) is 3.91. The van der Waals surface area contributed by atoms with Crippen LogP contribution in [-0.4, -0.2) is 41.5 Å². The number of hydrogen-bond acceptors (Lipinski definition) is 5. The summed E-state index contributed by atoms with van der Waals surface area (Å²) in [7, 11) is 1.55. The lowest BCUT2D eigenvalue weighted by atomic mass is 10.3. The molecule has 0 aliphatic heterocycles. The first kappa shape index (κ1) is 13.7. The summed E-state index contributed by atoms with van der Waals surface area (Å²) >= 11 is 1.37. The molecule has 6 nitrogen and oxygen atoms in total. The second-order valence-electron chi connectivity index (χ2n) is 4.39. The van der Waals surface area contributed by atoms with Gasteiger partial charge < -0.3 is 20.6 Å². The number of amides is 1. The fourth-order valence-electron chi connectivity index (χ4n) is 1.87. The highest BCUT2D eigenvalue weighted by Gasteiger charge is 2.34. The van der Waals surface area contributed by atoms with E-state index in [4.69, 9.17) is 15.7 Å². The topological polar surface area (TPSA) is 88.2 Å². The molecular weight excluding hydrogens is 266 g/mol. The van der Waals surface area contributed by atoms with Crippen molar-refractivity contribution < 1.29 is 14.7 Å². The van der Waals surface area contributed by atoms with Crippen molar-refractivity contribution in [3.63, 3.8) is 0 Å². The van der Waals surface area contributed by atoms with Crippen molar-refractivity contribution in [1.29, 1.82) is 0 Å². The fraction of sp³-hybridized carbons (Fsp3) is 0.500. The number of nitrogens with zero attached hydrogens (tertiary/aromatic N) is 2. The van der Waals surface area contributed by atoms with Gasteiger partial charge in [0.25, 0.3) is 5.91 Å². The molecule has 0 radical (unpaired) electrons. The third kappa shape index (κ3) is 3.17. The smallest absolute Gasteiger partial charge is 0.268 e. The molecule has 0 saturated heterocycles. The van der Waals surface area contributed by atoms with Crippen molar-refractivity contribution in [2.75, 3.05) is 13.7 Å². The Morgan fingerprint density at radius 1 is 1.68 bits per heavy atom. The molecule has 0 atom stereocenters. The number of rotatable bonds is 6. The van der Waals surface area contributed by atoms with Gasteiger partial charge in [-0.3, -0.25) is 4.79 Å². The molecule has 1 fully saturated rings. The van der Waals surface area contributed by atoms with E-state index in [9.17, 15) is 4.79 Å². The second kappa shape index (κ2) is 5.92. The highest BCUT2D eigenvalue weighted by Crippen LogP contribution is 2.32. The maximum Gasteiger partial charge on any atom is 0.268 e. The molecule has 2 rings (SSSR count). The fourth-order valence-corrected chi connectivity index (χ4v) is 2.68. The Labute approximate surface area is 115 Å². The molecule has 1 saturated carbocycles. The van der Waals surface area contributed by atoms with E-state index in [1.165, 1.54) is 11.3 Å². The van der Waals surface area contributed by atoms with Crippen LogP contribution < -0.4 is 10.5 Å². The van der Waals surface area contributed by atoms with Crippen molar-refractivity contribution in [3.8, 4) is 5.75 Å². The van der Waals surface area contributed by atoms with E-state index in [2.05, 4.69) is 5.16 Å². The van der Waals surface area contributed by atoms with Gasteiger partial charge in [-0.25, -0.2) is 0 Å². The lowest BCUT2D eigenvalue weighted by molar-refractivity contribution is 0.0749. The molecule has 0 unspecified atom stereocenters. The van der Waals surface area contributed by atoms with Crippen molar-refractivity contribution in [3.05, 3.63) is 16.3 Å². The number of amidine groups is 1. The van der Waals surface area contributed by atoms with E-state index in [-0.39, 0.29) is 17.8 Å². The van der Waals surface area contributed by atoms with Crippen LogP contribution in [0.4, 0.5) is 0 Å². The van der Waals surface area contributed by atoms with Crippen molar-refractivity contribution in [1.82, 2.24) is 4.90 Å². The van der Waals surface area contributed by atoms with Gasteiger partial charge in [-0.15, -0.1) is 11.3 Å². The maximum absolute atomic E-state index is 12.5. The summed E-state index contributed by atoms with van der Waals surface area (Å²) in [6, 6.07) is 2.05. The summed E-state index contributed by atoms with van der Waals surface area (Å²) < 4.78 is 5.18. The predicted molar refractivity (Wildman–Crippen MR) is 73.0 cm³/mol. The Morgan fingerprint density at radius 3 is 3.00 bits per heavy atom. The molecule has 7 heteroatoms. The average molecular weight is 283 g/mol. The van der Waals surface area contributed by atoms with E-state index in [0.29, 0.717) is 23.6 Å². The molecule has 1 aromatic heterocycles. The van der Waals surface area contributed by atoms with Gasteiger partial charge in [0.05, 0.1) is 7.11 Å². The summed E-state index contributed by atoms with van der Waals surface area (Å²) in [6.45, 7) is 0.459. The highest BCUT2D eigenvalue weighted by atomic mass is 32.1. The molecule has 1 aliphatic carbocycles. The monoisotopic (exact) mass is 283 g/mol. The van der Waals surface area contributed by atoms with Gasteiger partial charge in [0.15, 0.2) is 0 Å². The summed E-state index contributed by atoms with van der Waals surface area (Å²) in [4.78, 5) is 14.9. The second-order valence-corrected chi connectivity index (χ2v) is 5.31. The van der Waals surface area contributed by atoms with Crippen LogP contribution in [0.2, 0.25) is 0 Å². The molecule has 0 bridgehead atoms. The lowest BCUT2D eigenvalue weighted by Crippen LogP contribution is -2.35. The quantitative estimate of drug-likeness (QED) is 0.358. The van der Waals surface area contributed by atoms with Gasteiger partial charge in [0.1, 0.15) is 16.5 Å². The molecular formula is C12H17N3O3S. The number of methoxy groups -OCH3 is 1. The number of nitrogens with two attached hydrogens (primary N) is 1. The van der Waals surface area contributed by atoms with Gasteiger partial charge in [-0.2, -0.15) is 0 Å². The normalized spacial score (nSPS) is 15.3.